The molecule has 0 aliphatic carbocycles. The van der Waals surface area contributed by atoms with E-state index in [0.29, 0.717) is 6.04 Å². The second-order valence-corrected chi connectivity index (χ2v) is 7.34. The molecular weight excluding hydrogens is 380 g/mol. The molecule has 1 unspecified atom stereocenters. The van der Waals surface area contributed by atoms with Gasteiger partial charge in [0.2, 0.25) is 0 Å². The van der Waals surface area contributed by atoms with Crippen LogP contribution in [0.1, 0.15) is 38.2 Å². The molecule has 0 amide bonds. The van der Waals surface area contributed by atoms with Crippen molar-refractivity contribution < 1.29 is 0 Å². The molecule has 0 radical (unpaired) electrons. The lowest BCUT2D eigenvalue weighted by atomic mass is 10.0. The van der Waals surface area contributed by atoms with Crippen molar-refractivity contribution in [2.24, 2.45) is 0 Å². The van der Waals surface area contributed by atoms with Crippen molar-refractivity contribution in [3.8, 4) is 0 Å². The van der Waals surface area contributed by atoms with E-state index >= 15 is 0 Å². The predicted molar refractivity (Wildman–Crippen MR) is 93.1 cm³/mol. The quantitative estimate of drug-likeness (QED) is 0.748. The summed E-state index contributed by atoms with van der Waals surface area (Å²) in [4.78, 5) is 2.58. The maximum atomic E-state index is 3.66. The molecule has 1 fully saturated rings. The monoisotopic (exact) mass is 402 g/mol. The predicted octanol–water partition coefficient (Wildman–Crippen LogP) is 4.57. The molecule has 112 valence electrons. The molecule has 1 saturated heterocycles. The van der Waals surface area contributed by atoms with Crippen LogP contribution in [0.4, 0.5) is 0 Å². The molecule has 0 saturated carbocycles. The first-order valence-electron chi connectivity index (χ1n) is 7.58. The van der Waals surface area contributed by atoms with Gasteiger partial charge in [-0.15, -0.1) is 0 Å². The molecule has 0 bridgehead atoms. The van der Waals surface area contributed by atoms with Gasteiger partial charge in [-0.3, -0.25) is 4.90 Å². The van der Waals surface area contributed by atoms with Crippen LogP contribution in [0.15, 0.2) is 27.1 Å². The van der Waals surface area contributed by atoms with E-state index in [1.54, 1.807) is 0 Å². The van der Waals surface area contributed by atoms with Gasteiger partial charge < -0.3 is 5.32 Å². The average Bonchev–Trinajstić information content (AvgIpc) is 2.44. The Morgan fingerprint density at radius 1 is 1.25 bits per heavy atom. The van der Waals surface area contributed by atoms with Gasteiger partial charge >= 0.3 is 0 Å². The van der Waals surface area contributed by atoms with Crippen LogP contribution in [-0.4, -0.2) is 30.6 Å². The normalized spacial score (nSPS) is 19.5. The smallest absolute Gasteiger partial charge is 0.0320 e. The van der Waals surface area contributed by atoms with Gasteiger partial charge in [0.05, 0.1) is 0 Å². The molecule has 1 N–H and O–H groups in total. The number of halogens is 2. The second-order valence-electron chi connectivity index (χ2n) is 5.63. The minimum atomic E-state index is 0.675. The van der Waals surface area contributed by atoms with Gasteiger partial charge in [-0.1, -0.05) is 19.4 Å². The van der Waals surface area contributed by atoms with Crippen molar-refractivity contribution >= 4 is 31.9 Å². The number of hydrogen-bond acceptors (Lipinski definition) is 2. The van der Waals surface area contributed by atoms with E-state index in [9.17, 15) is 0 Å². The van der Waals surface area contributed by atoms with Crippen LogP contribution in [0.5, 0.6) is 0 Å². The Morgan fingerprint density at radius 2 is 2.10 bits per heavy atom. The first-order valence-corrected chi connectivity index (χ1v) is 9.17. The lowest BCUT2D eigenvalue weighted by Crippen LogP contribution is -2.43. The van der Waals surface area contributed by atoms with Gasteiger partial charge in [0.25, 0.3) is 0 Å². The van der Waals surface area contributed by atoms with Gasteiger partial charge in [-0.25, -0.2) is 0 Å². The van der Waals surface area contributed by atoms with Crippen LogP contribution in [0.25, 0.3) is 0 Å². The van der Waals surface area contributed by atoms with Crippen molar-refractivity contribution in [3.05, 3.63) is 32.7 Å². The Labute approximate surface area is 139 Å². The van der Waals surface area contributed by atoms with E-state index in [4.69, 9.17) is 0 Å². The Balaban J connectivity index is 1.94. The zero-order valence-electron chi connectivity index (χ0n) is 12.2. The van der Waals surface area contributed by atoms with Gasteiger partial charge in [0.15, 0.2) is 0 Å². The topological polar surface area (TPSA) is 15.3 Å². The van der Waals surface area contributed by atoms with Crippen LogP contribution in [0.2, 0.25) is 0 Å². The highest BCUT2D eigenvalue weighted by Crippen LogP contribution is 2.24. The molecule has 2 rings (SSSR count). The van der Waals surface area contributed by atoms with Crippen molar-refractivity contribution in [3.63, 3.8) is 0 Å². The number of benzene rings is 1. The van der Waals surface area contributed by atoms with E-state index in [1.165, 1.54) is 50.9 Å². The van der Waals surface area contributed by atoms with E-state index in [0.717, 1.165) is 15.5 Å². The summed E-state index contributed by atoms with van der Waals surface area (Å²) >= 11 is 7.13. The fourth-order valence-corrected chi connectivity index (χ4v) is 3.51. The Hall–Kier alpha value is 0.1000. The fourth-order valence-electron chi connectivity index (χ4n) is 2.84. The Morgan fingerprint density at radius 3 is 2.75 bits per heavy atom. The third-order valence-electron chi connectivity index (χ3n) is 3.82. The first kappa shape index (κ1) is 16.5. The highest BCUT2D eigenvalue weighted by Gasteiger charge is 2.16. The summed E-state index contributed by atoms with van der Waals surface area (Å²) in [6, 6.07) is 7.24. The number of hydrogen-bond donors (Lipinski definition) is 1. The lowest BCUT2D eigenvalue weighted by molar-refractivity contribution is 0.217. The summed E-state index contributed by atoms with van der Waals surface area (Å²) in [5.41, 5.74) is 1.38. The second kappa shape index (κ2) is 8.52. The number of piperidine rings is 1. The van der Waals surface area contributed by atoms with Gasteiger partial charge in [0.1, 0.15) is 0 Å². The standard InChI is InChI=1S/C16H24Br2N2/c1-2-9-20(12-14-5-3-4-8-19-14)11-13-6-7-15(17)16(18)10-13/h6-7,10,14,19H,2-5,8-9,11-12H2,1H3. The highest BCUT2D eigenvalue weighted by atomic mass is 79.9. The Bertz CT molecular complexity index is 417. The SMILES string of the molecule is CCCN(Cc1ccc(Br)c(Br)c1)CC1CCCCN1. The van der Waals surface area contributed by atoms with Crippen molar-refractivity contribution in [1.29, 1.82) is 0 Å². The number of rotatable bonds is 6. The third kappa shape index (κ3) is 5.14. The summed E-state index contributed by atoms with van der Waals surface area (Å²) in [5.74, 6) is 0. The van der Waals surface area contributed by atoms with Crippen LogP contribution >= 0.6 is 31.9 Å². The molecule has 4 heteroatoms. The van der Waals surface area contributed by atoms with E-state index < -0.39 is 0 Å². The van der Waals surface area contributed by atoms with Gasteiger partial charge in [0, 0.05) is 28.1 Å². The molecule has 0 spiro atoms. The van der Waals surface area contributed by atoms with Crippen molar-refractivity contribution in [2.45, 2.75) is 45.2 Å². The first-order chi connectivity index (χ1) is 9.69. The van der Waals surface area contributed by atoms with Gasteiger partial charge in [-0.05, 0) is 81.9 Å². The zero-order chi connectivity index (χ0) is 14.4. The largest absolute Gasteiger partial charge is 0.313 e. The molecule has 1 aliphatic heterocycles. The molecule has 20 heavy (non-hydrogen) atoms. The minimum Gasteiger partial charge on any atom is -0.313 e. The van der Waals surface area contributed by atoms with Crippen LogP contribution in [-0.2, 0) is 6.54 Å². The summed E-state index contributed by atoms with van der Waals surface area (Å²) in [6.45, 7) is 6.83. The summed E-state index contributed by atoms with van der Waals surface area (Å²) in [5, 5.41) is 3.66. The minimum absolute atomic E-state index is 0.675. The fraction of sp³-hybridized carbons (Fsp3) is 0.625. The molecule has 1 aliphatic rings. The zero-order valence-corrected chi connectivity index (χ0v) is 15.3. The van der Waals surface area contributed by atoms with Crippen LogP contribution in [0.3, 0.4) is 0 Å². The number of nitrogens with one attached hydrogen (secondary N) is 1. The molecular formula is C16H24Br2N2. The lowest BCUT2D eigenvalue weighted by Gasteiger charge is -2.30. The molecule has 2 nitrogen and oxygen atoms in total. The molecule has 1 heterocycles. The maximum Gasteiger partial charge on any atom is 0.0320 e. The van der Waals surface area contributed by atoms with E-state index in [2.05, 4.69) is 67.2 Å². The van der Waals surface area contributed by atoms with Crippen LogP contribution < -0.4 is 5.32 Å². The molecule has 1 atom stereocenters. The highest BCUT2D eigenvalue weighted by molar-refractivity contribution is 9.13. The summed E-state index contributed by atoms with van der Waals surface area (Å²) < 4.78 is 2.26. The molecule has 0 aromatic heterocycles. The van der Waals surface area contributed by atoms with Crippen LogP contribution in [0, 0.1) is 0 Å². The molecule has 1 aromatic carbocycles. The van der Waals surface area contributed by atoms with E-state index in [1.807, 2.05) is 0 Å². The third-order valence-corrected chi connectivity index (χ3v) is 5.70. The van der Waals surface area contributed by atoms with E-state index in [-0.39, 0.29) is 0 Å². The van der Waals surface area contributed by atoms with Gasteiger partial charge in [-0.2, -0.15) is 0 Å². The summed E-state index contributed by atoms with van der Waals surface area (Å²) in [6.07, 6.45) is 5.25. The number of nitrogens with zero attached hydrogens (tertiary/aromatic N) is 1. The summed E-state index contributed by atoms with van der Waals surface area (Å²) in [7, 11) is 0. The average molecular weight is 404 g/mol. The Kier molecular flexibility index (Phi) is 7.02. The molecule has 1 aromatic rings. The van der Waals surface area contributed by atoms with Crippen molar-refractivity contribution in [1.82, 2.24) is 10.2 Å². The van der Waals surface area contributed by atoms with Crippen molar-refractivity contribution in [2.75, 3.05) is 19.6 Å². The maximum absolute atomic E-state index is 3.66.